The summed E-state index contributed by atoms with van der Waals surface area (Å²) in [5, 5.41) is 13.7. The lowest BCUT2D eigenvalue weighted by molar-refractivity contribution is -0.142. The number of hydrogen-bond donors (Lipinski definition) is 3. The molecule has 0 fully saturated rings. The number of carbonyl (C=O) groups excluding carboxylic acids is 2. The molecule has 0 aromatic heterocycles. The van der Waals surface area contributed by atoms with Crippen LogP contribution in [0.15, 0.2) is 0 Å². The van der Waals surface area contributed by atoms with E-state index in [-0.39, 0.29) is 26.0 Å². The summed E-state index contributed by atoms with van der Waals surface area (Å²) >= 11 is 0. The standard InChI is InChI=1S/C12H22N2O7/c1-19-7-8-21-6-5-13-12(18)14-9(11(16)17)3-4-10(15)20-2/h9H,3-8H2,1-2H3,(H,16,17)(H2,13,14,18)/t9-/m0/s1. The Morgan fingerprint density at radius 2 is 1.86 bits per heavy atom. The summed E-state index contributed by atoms with van der Waals surface area (Å²) in [6, 6.07) is -1.79. The lowest BCUT2D eigenvalue weighted by Gasteiger charge is -2.14. The van der Waals surface area contributed by atoms with Gasteiger partial charge in [0.05, 0.1) is 26.9 Å². The van der Waals surface area contributed by atoms with Gasteiger partial charge in [0.2, 0.25) is 0 Å². The summed E-state index contributed by atoms with van der Waals surface area (Å²) < 4.78 is 14.3. The largest absolute Gasteiger partial charge is 0.480 e. The van der Waals surface area contributed by atoms with Crippen molar-refractivity contribution in [2.75, 3.05) is 40.6 Å². The first-order valence-corrected chi connectivity index (χ1v) is 6.42. The third kappa shape index (κ3) is 10.6. The number of carboxylic acid groups (broad SMARTS) is 1. The number of carboxylic acids is 1. The van der Waals surface area contributed by atoms with Gasteiger partial charge in [0.25, 0.3) is 0 Å². The molecule has 3 N–H and O–H groups in total. The molecule has 0 aliphatic rings. The SMILES string of the molecule is COCCOCCNC(=O)N[C@@H](CCC(=O)OC)C(=O)O. The molecular weight excluding hydrogens is 284 g/mol. The van der Waals surface area contributed by atoms with Crippen molar-refractivity contribution in [1.29, 1.82) is 0 Å². The molecule has 9 heteroatoms. The molecule has 0 aliphatic heterocycles. The Bertz CT molecular complexity index is 336. The van der Waals surface area contributed by atoms with Gasteiger partial charge >= 0.3 is 18.0 Å². The maximum Gasteiger partial charge on any atom is 0.326 e. The molecule has 0 spiro atoms. The molecule has 0 saturated carbocycles. The summed E-state index contributed by atoms with van der Waals surface area (Å²) in [7, 11) is 2.76. The normalized spacial score (nSPS) is 11.5. The van der Waals surface area contributed by atoms with E-state index in [9.17, 15) is 14.4 Å². The summed E-state index contributed by atoms with van der Waals surface area (Å²) in [5.74, 6) is -1.75. The predicted molar refractivity (Wildman–Crippen MR) is 71.9 cm³/mol. The van der Waals surface area contributed by atoms with Gasteiger partial charge in [-0.25, -0.2) is 9.59 Å². The summed E-state index contributed by atoms with van der Waals surface area (Å²) in [4.78, 5) is 33.4. The molecule has 0 aliphatic carbocycles. The van der Waals surface area contributed by atoms with E-state index < -0.39 is 24.0 Å². The van der Waals surface area contributed by atoms with Crippen molar-refractivity contribution in [3.63, 3.8) is 0 Å². The molecule has 2 amide bonds. The van der Waals surface area contributed by atoms with E-state index in [1.54, 1.807) is 7.11 Å². The summed E-state index contributed by atoms with van der Waals surface area (Å²) in [6.07, 6.45) is -0.131. The van der Waals surface area contributed by atoms with Crippen LogP contribution in [0.3, 0.4) is 0 Å². The molecule has 9 nitrogen and oxygen atoms in total. The second kappa shape index (κ2) is 11.9. The molecule has 0 aromatic carbocycles. The van der Waals surface area contributed by atoms with Crippen molar-refractivity contribution in [2.45, 2.75) is 18.9 Å². The monoisotopic (exact) mass is 306 g/mol. The van der Waals surface area contributed by atoms with Gasteiger partial charge in [0.15, 0.2) is 0 Å². The minimum atomic E-state index is -1.22. The van der Waals surface area contributed by atoms with Crippen molar-refractivity contribution in [1.82, 2.24) is 10.6 Å². The number of urea groups is 1. The number of methoxy groups -OCH3 is 2. The van der Waals surface area contributed by atoms with E-state index in [0.29, 0.717) is 13.2 Å². The number of rotatable bonds is 11. The van der Waals surface area contributed by atoms with Gasteiger partial charge in [0.1, 0.15) is 6.04 Å². The fourth-order valence-electron chi connectivity index (χ4n) is 1.31. The lowest BCUT2D eigenvalue weighted by Crippen LogP contribution is -2.46. The number of aliphatic carboxylic acids is 1. The zero-order chi connectivity index (χ0) is 16.1. The maximum atomic E-state index is 11.5. The van der Waals surface area contributed by atoms with Gasteiger partial charge < -0.3 is 30.0 Å². The highest BCUT2D eigenvalue weighted by atomic mass is 16.5. The van der Waals surface area contributed by atoms with Crippen LogP contribution in [0.2, 0.25) is 0 Å². The molecule has 0 aromatic rings. The van der Waals surface area contributed by atoms with Crippen LogP contribution in [0.1, 0.15) is 12.8 Å². The van der Waals surface area contributed by atoms with Crippen LogP contribution < -0.4 is 10.6 Å². The van der Waals surface area contributed by atoms with Gasteiger partial charge in [-0.3, -0.25) is 4.79 Å². The predicted octanol–water partition coefficient (Wildman–Crippen LogP) is -0.645. The zero-order valence-electron chi connectivity index (χ0n) is 12.2. The second-order valence-corrected chi connectivity index (χ2v) is 4.01. The molecule has 0 bridgehead atoms. The maximum absolute atomic E-state index is 11.5. The average molecular weight is 306 g/mol. The van der Waals surface area contributed by atoms with E-state index in [1.807, 2.05) is 0 Å². The first kappa shape index (κ1) is 19.1. The van der Waals surface area contributed by atoms with Crippen LogP contribution in [-0.4, -0.2) is 69.7 Å². The van der Waals surface area contributed by atoms with Crippen molar-refractivity contribution in [3.05, 3.63) is 0 Å². The zero-order valence-corrected chi connectivity index (χ0v) is 12.2. The Kier molecular flexibility index (Phi) is 10.9. The van der Waals surface area contributed by atoms with E-state index >= 15 is 0 Å². The van der Waals surface area contributed by atoms with Crippen LogP contribution in [0.5, 0.6) is 0 Å². The van der Waals surface area contributed by atoms with Gasteiger partial charge in [-0.05, 0) is 6.42 Å². The van der Waals surface area contributed by atoms with E-state index in [4.69, 9.17) is 14.6 Å². The Labute approximate surface area is 122 Å². The first-order chi connectivity index (χ1) is 10.0. The molecule has 122 valence electrons. The fraction of sp³-hybridized carbons (Fsp3) is 0.750. The second-order valence-electron chi connectivity index (χ2n) is 4.01. The highest BCUT2D eigenvalue weighted by molar-refractivity contribution is 5.83. The summed E-state index contributed by atoms with van der Waals surface area (Å²) in [6.45, 7) is 1.40. The van der Waals surface area contributed by atoms with Crippen molar-refractivity contribution >= 4 is 18.0 Å². The Hall–Kier alpha value is -1.87. The van der Waals surface area contributed by atoms with Gasteiger partial charge in [0, 0.05) is 20.1 Å². The van der Waals surface area contributed by atoms with E-state index in [2.05, 4.69) is 15.4 Å². The molecular formula is C12H22N2O7. The Morgan fingerprint density at radius 3 is 2.43 bits per heavy atom. The van der Waals surface area contributed by atoms with Crippen molar-refractivity contribution in [2.24, 2.45) is 0 Å². The highest BCUT2D eigenvalue weighted by Gasteiger charge is 2.20. The van der Waals surface area contributed by atoms with Crippen LogP contribution in [0.4, 0.5) is 4.79 Å². The number of hydrogen-bond acceptors (Lipinski definition) is 6. The van der Waals surface area contributed by atoms with Crippen LogP contribution in [0.25, 0.3) is 0 Å². The van der Waals surface area contributed by atoms with Crippen molar-refractivity contribution < 1.29 is 33.7 Å². The van der Waals surface area contributed by atoms with Gasteiger partial charge in [-0.15, -0.1) is 0 Å². The number of esters is 1. The molecule has 21 heavy (non-hydrogen) atoms. The molecule has 0 radical (unpaired) electrons. The Balaban J connectivity index is 3.90. The molecule has 0 heterocycles. The minimum Gasteiger partial charge on any atom is -0.480 e. The summed E-state index contributed by atoms with van der Waals surface area (Å²) in [5.41, 5.74) is 0. The molecule has 0 unspecified atom stereocenters. The number of amides is 2. The molecule has 0 saturated heterocycles. The van der Waals surface area contributed by atoms with E-state index in [0.717, 1.165) is 0 Å². The van der Waals surface area contributed by atoms with Gasteiger partial charge in [-0.2, -0.15) is 0 Å². The van der Waals surface area contributed by atoms with Crippen LogP contribution in [0, 0.1) is 0 Å². The average Bonchev–Trinajstić information content (AvgIpc) is 2.46. The number of carbonyl (C=O) groups is 3. The quantitative estimate of drug-likeness (QED) is 0.342. The number of nitrogens with one attached hydrogen (secondary N) is 2. The third-order valence-electron chi connectivity index (χ3n) is 2.43. The van der Waals surface area contributed by atoms with Crippen LogP contribution >= 0.6 is 0 Å². The smallest absolute Gasteiger partial charge is 0.326 e. The minimum absolute atomic E-state index is 0.0419. The van der Waals surface area contributed by atoms with Crippen molar-refractivity contribution in [3.8, 4) is 0 Å². The third-order valence-corrected chi connectivity index (χ3v) is 2.43. The topological polar surface area (TPSA) is 123 Å². The number of ether oxygens (including phenoxy) is 3. The van der Waals surface area contributed by atoms with E-state index in [1.165, 1.54) is 7.11 Å². The fourth-order valence-corrected chi connectivity index (χ4v) is 1.31. The Morgan fingerprint density at radius 1 is 1.14 bits per heavy atom. The molecule has 0 rings (SSSR count). The first-order valence-electron chi connectivity index (χ1n) is 6.42. The lowest BCUT2D eigenvalue weighted by atomic mass is 10.1. The van der Waals surface area contributed by atoms with Gasteiger partial charge in [-0.1, -0.05) is 0 Å². The van der Waals surface area contributed by atoms with Crippen LogP contribution in [-0.2, 0) is 23.8 Å². The highest BCUT2D eigenvalue weighted by Crippen LogP contribution is 1.99. The molecule has 1 atom stereocenters.